The zero-order valence-corrected chi connectivity index (χ0v) is 4.92. The highest BCUT2D eigenvalue weighted by Crippen LogP contribution is 2.12. The summed E-state index contributed by atoms with van der Waals surface area (Å²) in [4.78, 5) is 0. The molecule has 4 heteroatoms. The normalized spacial score (nSPS) is 10.6. The summed E-state index contributed by atoms with van der Waals surface area (Å²) in [5.41, 5.74) is 0. The van der Waals surface area contributed by atoms with Crippen molar-refractivity contribution in [1.82, 2.24) is 0 Å². The van der Waals surface area contributed by atoms with Crippen LogP contribution in [-0.4, -0.2) is 16.8 Å². The maximum atomic E-state index is 6.47. The van der Waals surface area contributed by atoms with Crippen LogP contribution in [0.15, 0.2) is 0 Å². The molecule has 0 aliphatic carbocycles. The first kappa shape index (κ1) is 6.92. The van der Waals surface area contributed by atoms with Crippen molar-refractivity contribution < 1.29 is 0 Å². The van der Waals surface area contributed by atoms with Gasteiger partial charge in [-0.25, -0.2) is 0 Å². The van der Waals surface area contributed by atoms with Crippen LogP contribution in [0.3, 0.4) is 0 Å². The van der Waals surface area contributed by atoms with Crippen molar-refractivity contribution in [3.63, 3.8) is 0 Å². The summed E-state index contributed by atoms with van der Waals surface area (Å²) in [6, 6.07) is 0. The molecule has 0 bridgehead atoms. The number of halogens is 2. The standard InChI is InChI=1S/C3H4Cl2N2/c4-3(5,1-6)2-7/h1-2,6-7H. The second-order valence-electron chi connectivity index (χ2n) is 0.963. The molecule has 0 unspecified atom stereocenters. The lowest BCUT2D eigenvalue weighted by molar-refractivity contribution is 1.39. The zero-order chi connectivity index (χ0) is 5.91. The van der Waals surface area contributed by atoms with E-state index in [2.05, 4.69) is 0 Å². The lowest BCUT2D eigenvalue weighted by atomic mass is 10.5. The van der Waals surface area contributed by atoms with Gasteiger partial charge in [-0.2, -0.15) is 0 Å². The smallest absolute Gasteiger partial charge is 0.186 e. The molecule has 0 rings (SSSR count). The molecule has 7 heavy (non-hydrogen) atoms. The fourth-order valence-electron chi connectivity index (χ4n) is 0.0417. The second-order valence-corrected chi connectivity index (χ2v) is 2.41. The van der Waals surface area contributed by atoms with Crippen molar-refractivity contribution in [2.24, 2.45) is 0 Å². The van der Waals surface area contributed by atoms with Gasteiger partial charge in [0.25, 0.3) is 0 Å². The number of rotatable bonds is 2. The summed E-state index contributed by atoms with van der Waals surface area (Å²) in [6.07, 6.45) is 1.56. The van der Waals surface area contributed by atoms with E-state index in [1.807, 2.05) is 0 Å². The van der Waals surface area contributed by atoms with E-state index in [0.29, 0.717) is 0 Å². The Labute approximate surface area is 51.4 Å². The van der Waals surface area contributed by atoms with Crippen LogP contribution in [0.4, 0.5) is 0 Å². The average Bonchev–Trinajstić information content (AvgIpc) is 1.68. The van der Waals surface area contributed by atoms with Crippen molar-refractivity contribution in [2.45, 2.75) is 4.33 Å². The van der Waals surface area contributed by atoms with Crippen LogP contribution in [0.1, 0.15) is 0 Å². The van der Waals surface area contributed by atoms with Crippen LogP contribution < -0.4 is 0 Å². The van der Waals surface area contributed by atoms with E-state index in [1.54, 1.807) is 0 Å². The third-order valence-electron chi connectivity index (χ3n) is 0.385. The van der Waals surface area contributed by atoms with E-state index < -0.39 is 4.33 Å². The Morgan fingerprint density at radius 1 is 1.14 bits per heavy atom. The first-order chi connectivity index (χ1) is 3.12. The Morgan fingerprint density at radius 3 is 1.43 bits per heavy atom. The van der Waals surface area contributed by atoms with Crippen LogP contribution in [0, 0.1) is 10.8 Å². The lowest BCUT2D eigenvalue weighted by Gasteiger charge is -2.00. The van der Waals surface area contributed by atoms with Crippen LogP contribution in [0.25, 0.3) is 0 Å². The predicted molar refractivity (Wildman–Crippen MR) is 32.0 cm³/mol. The molecule has 0 aromatic rings. The Balaban J connectivity index is 3.82. The van der Waals surface area contributed by atoms with Gasteiger partial charge in [-0.3, -0.25) is 0 Å². The maximum Gasteiger partial charge on any atom is 0.186 e. The molecule has 0 amide bonds. The van der Waals surface area contributed by atoms with Crippen molar-refractivity contribution >= 4 is 35.6 Å². The predicted octanol–water partition coefficient (Wildman–Crippen LogP) is 1.46. The number of hydrogen-bond acceptors (Lipinski definition) is 2. The van der Waals surface area contributed by atoms with Gasteiger partial charge in [0.05, 0.1) is 0 Å². The van der Waals surface area contributed by atoms with Crippen LogP contribution in [0.2, 0.25) is 0 Å². The zero-order valence-electron chi connectivity index (χ0n) is 3.41. The van der Waals surface area contributed by atoms with E-state index in [1.165, 1.54) is 0 Å². The van der Waals surface area contributed by atoms with Gasteiger partial charge in [0.1, 0.15) is 0 Å². The van der Waals surface area contributed by atoms with Gasteiger partial charge >= 0.3 is 0 Å². The molecular weight excluding hydrogens is 135 g/mol. The molecule has 0 saturated heterocycles. The fourth-order valence-corrected chi connectivity index (χ4v) is 0.0417. The van der Waals surface area contributed by atoms with Crippen molar-refractivity contribution in [3.05, 3.63) is 0 Å². The van der Waals surface area contributed by atoms with Gasteiger partial charge in [-0.1, -0.05) is 23.2 Å². The van der Waals surface area contributed by atoms with Gasteiger partial charge in [0.2, 0.25) is 0 Å². The summed E-state index contributed by atoms with van der Waals surface area (Å²) in [6.45, 7) is 0. The highest BCUT2D eigenvalue weighted by molar-refractivity contribution is 6.63. The average molecular weight is 139 g/mol. The van der Waals surface area contributed by atoms with Crippen molar-refractivity contribution in [2.75, 3.05) is 0 Å². The SMILES string of the molecule is N=CC(Cl)(Cl)C=N. The van der Waals surface area contributed by atoms with Gasteiger partial charge < -0.3 is 10.8 Å². The molecule has 40 valence electrons. The summed E-state index contributed by atoms with van der Waals surface area (Å²) in [7, 11) is 0. The minimum atomic E-state index is -1.39. The molecule has 0 aliphatic heterocycles. The maximum absolute atomic E-state index is 6.47. The van der Waals surface area contributed by atoms with Gasteiger partial charge in [-0.15, -0.1) is 0 Å². The van der Waals surface area contributed by atoms with Crippen LogP contribution >= 0.6 is 23.2 Å². The lowest BCUT2D eigenvalue weighted by Crippen LogP contribution is -2.14. The minimum Gasteiger partial charge on any atom is -0.310 e. The Hall–Kier alpha value is -0.0800. The summed E-state index contributed by atoms with van der Waals surface area (Å²) in [5, 5.41) is 12.9. The molecule has 0 heterocycles. The van der Waals surface area contributed by atoms with Crippen molar-refractivity contribution in [1.29, 1.82) is 10.8 Å². The first-order valence-corrected chi connectivity index (χ1v) is 2.29. The molecule has 0 atom stereocenters. The molecule has 0 aromatic heterocycles. The number of nitrogens with one attached hydrogen (secondary N) is 2. The van der Waals surface area contributed by atoms with Gasteiger partial charge in [0.15, 0.2) is 4.33 Å². The summed E-state index contributed by atoms with van der Waals surface area (Å²) >= 11 is 10.4. The largest absolute Gasteiger partial charge is 0.310 e. The third-order valence-corrected chi connectivity index (χ3v) is 0.821. The number of hydrogen-bond donors (Lipinski definition) is 2. The van der Waals surface area contributed by atoms with E-state index in [4.69, 9.17) is 34.0 Å². The molecule has 0 saturated carbocycles. The van der Waals surface area contributed by atoms with Crippen molar-refractivity contribution in [3.8, 4) is 0 Å². The Morgan fingerprint density at radius 2 is 1.43 bits per heavy atom. The van der Waals surface area contributed by atoms with Crippen LogP contribution in [-0.2, 0) is 0 Å². The van der Waals surface area contributed by atoms with Gasteiger partial charge in [0, 0.05) is 12.4 Å². The first-order valence-electron chi connectivity index (χ1n) is 1.53. The highest BCUT2D eigenvalue weighted by atomic mass is 35.5. The molecular formula is C3H4Cl2N2. The molecule has 0 fully saturated rings. The van der Waals surface area contributed by atoms with E-state index in [0.717, 1.165) is 12.4 Å². The molecule has 2 N–H and O–H groups in total. The molecule has 2 nitrogen and oxygen atoms in total. The van der Waals surface area contributed by atoms with E-state index in [-0.39, 0.29) is 0 Å². The molecule has 0 aromatic carbocycles. The Kier molecular flexibility index (Phi) is 2.26. The number of alkyl halides is 2. The monoisotopic (exact) mass is 138 g/mol. The quantitative estimate of drug-likeness (QED) is 0.429. The van der Waals surface area contributed by atoms with Gasteiger partial charge in [-0.05, 0) is 0 Å². The van der Waals surface area contributed by atoms with Crippen LogP contribution in [0.5, 0.6) is 0 Å². The highest BCUT2D eigenvalue weighted by Gasteiger charge is 2.14. The fraction of sp³-hybridized carbons (Fsp3) is 0.333. The molecule has 0 radical (unpaired) electrons. The van der Waals surface area contributed by atoms with E-state index in [9.17, 15) is 0 Å². The third kappa shape index (κ3) is 2.60. The summed E-state index contributed by atoms with van der Waals surface area (Å²) in [5.74, 6) is 0. The minimum absolute atomic E-state index is 0.781. The molecule has 0 spiro atoms. The topological polar surface area (TPSA) is 47.7 Å². The molecule has 0 aliphatic rings. The summed E-state index contributed by atoms with van der Waals surface area (Å²) < 4.78 is -1.39. The van der Waals surface area contributed by atoms with E-state index >= 15 is 0 Å². The second kappa shape index (κ2) is 2.28. The Bertz CT molecular complexity index is 78.9.